The topological polar surface area (TPSA) is 8.29 Å². The lowest BCUT2D eigenvalue weighted by Gasteiger charge is -2.07. The summed E-state index contributed by atoms with van der Waals surface area (Å²) < 4.78 is 18.1. The molecule has 144 valence electrons. The standard InChI is InChI=1S/C27H20FN2/c1-17-6-5-8-22-21-7-3-4-9-23(21)30-25-16-19(18-10-13-20(28)14-11-18)12-15-24(25)29(2)27(30)26(17)22/h3-16H,1-2H3/q+1. The van der Waals surface area contributed by atoms with E-state index in [9.17, 15) is 4.39 Å². The molecule has 2 nitrogen and oxygen atoms in total. The molecule has 0 saturated carbocycles. The summed E-state index contributed by atoms with van der Waals surface area (Å²) in [6.45, 7) is 2.18. The minimum Gasteiger partial charge on any atom is -0.225 e. The average Bonchev–Trinajstić information content (AvgIpc) is 3.07. The minimum absolute atomic E-state index is 0.215. The van der Waals surface area contributed by atoms with Crippen LogP contribution in [-0.2, 0) is 7.05 Å². The Labute approximate surface area is 173 Å². The van der Waals surface area contributed by atoms with E-state index in [0.717, 1.165) is 16.6 Å². The number of imidazole rings is 1. The van der Waals surface area contributed by atoms with Crippen LogP contribution in [-0.4, -0.2) is 4.40 Å². The summed E-state index contributed by atoms with van der Waals surface area (Å²) in [5.41, 5.74) is 8.05. The molecule has 0 amide bonds. The van der Waals surface area contributed by atoms with E-state index in [1.54, 1.807) is 0 Å². The van der Waals surface area contributed by atoms with E-state index in [4.69, 9.17) is 0 Å². The highest BCUT2D eigenvalue weighted by atomic mass is 19.1. The van der Waals surface area contributed by atoms with Gasteiger partial charge in [-0.15, -0.1) is 0 Å². The zero-order valence-corrected chi connectivity index (χ0v) is 16.9. The Morgan fingerprint density at radius 3 is 2.30 bits per heavy atom. The molecular formula is C27H20FN2+. The van der Waals surface area contributed by atoms with E-state index in [-0.39, 0.29) is 5.82 Å². The molecule has 0 saturated heterocycles. The Kier molecular flexibility index (Phi) is 3.51. The highest BCUT2D eigenvalue weighted by Gasteiger charge is 2.24. The highest BCUT2D eigenvalue weighted by molar-refractivity contribution is 6.13. The number of aryl methyl sites for hydroxylation is 2. The fraction of sp³-hybridized carbons (Fsp3) is 0.0741. The molecule has 6 rings (SSSR count). The van der Waals surface area contributed by atoms with Gasteiger partial charge in [0.2, 0.25) is 0 Å². The largest absolute Gasteiger partial charge is 0.295 e. The molecule has 0 aliphatic heterocycles. The first-order valence-electron chi connectivity index (χ1n) is 10.1. The summed E-state index contributed by atoms with van der Waals surface area (Å²) in [6, 6.07) is 28.3. The summed E-state index contributed by atoms with van der Waals surface area (Å²) in [5.74, 6) is -0.215. The van der Waals surface area contributed by atoms with Crippen LogP contribution < -0.4 is 4.57 Å². The summed E-state index contributed by atoms with van der Waals surface area (Å²) >= 11 is 0. The quantitative estimate of drug-likeness (QED) is 0.228. The maximum absolute atomic E-state index is 13.4. The number of para-hydroxylation sites is 1. The Morgan fingerprint density at radius 1 is 0.733 bits per heavy atom. The van der Waals surface area contributed by atoms with Gasteiger partial charge in [0.25, 0.3) is 5.65 Å². The van der Waals surface area contributed by atoms with Crippen molar-refractivity contribution in [2.24, 2.45) is 7.05 Å². The van der Waals surface area contributed by atoms with Crippen molar-refractivity contribution in [3.8, 4) is 11.1 Å². The number of fused-ring (bicyclic) bond motifs is 8. The third-order valence-corrected chi connectivity index (χ3v) is 6.22. The fourth-order valence-electron chi connectivity index (χ4n) is 4.80. The van der Waals surface area contributed by atoms with Crippen LogP contribution in [0.2, 0.25) is 0 Å². The van der Waals surface area contributed by atoms with Gasteiger partial charge in [-0.05, 0) is 60.0 Å². The van der Waals surface area contributed by atoms with Gasteiger partial charge in [-0.25, -0.2) is 8.96 Å². The Morgan fingerprint density at radius 2 is 1.47 bits per heavy atom. The average molecular weight is 391 g/mol. The second kappa shape index (κ2) is 6.14. The molecule has 30 heavy (non-hydrogen) atoms. The number of hydrogen-bond acceptors (Lipinski definition) is 0. The molecule has 3 heteroatoms. The van der Waals surface area contributed by atoms with Gasteiger partial charge >= 0.3 is 0 Å². The molecule has 0 unspecified atom stereocenters. The van der Waals surface area contributed by atoms with Gasteiger partial charge in [0.15, 0.2) is 11.0 Å². The summed E-state index contributed by atoms with van der Waals surface area (Å²) in [7, 11) is 2.13. The molecule has 0 N–H and O–H groups in total. The highest BCUT2D eigenvalue weighted by Crippen LogP contribution is 2.34. The monoisotopic (exact) mass is 391 g/mol. The van der Waals surface area contributed by atoms with Gasteiger partial charge in [-0.3, -0.25) is 0 Å². The predicted molar refractivity (Wildman–Crippen MR) is 121 cm³/mol. The van der Waals surface area contributed by atoms with E-state index >= 15 is 0 Å². The lowest BCUT2D eigenvalue weighted by molar-refractivity contribution is -0.617. The first kappa shape index (κ1) is 17.2. The van der Waals surface area contributed by atoms with Gasteiger partial charge < -0.3 is 0 Å². The molecular weight excluding hydrogens is 371 g/mol. The number of benzene rings is 4. The number of nitrogens with zero attached hydrogens (tertiary/aromatic N) is 2. The molecule has 2 heterocycles. The molecule has 0 atom stereocenters. The molecule has 6 aromatic rings. The van der Waals surface area contributed by atoms with Crippen LogP contribution in [0.5, 0.6) is 0 Å². The van der Waals surface area contributed by atoms with Crippen molar-refractivity contribution in [3.05, 3.63) is 96.3 Å². The third kappa shape index (κ3) is 2.26. The number of aromatic nitrogens is 2. The van der Waals surface area contributed by atoms with Gasteiger partial charge in [-0.2, -0.15) is 4.40 Å². The molecule has 0 fully saturated rings. The molecule has 4 aromatic carbocycles. The van der Waals surface area contributed by atoms with E-state index in [1.807, 2.05) is 12.1 Å². The summed E-state index contributed by atoms with van der Waals surface area (Å²) in [5, 5.41) is 3.79. The Balaban J connectivity index is 1.84. The second-order valence-corrected chi connectivity index (χ2v) is 7.94. The molecule has 0 spiro atoms. The van der Waals surface area contributed by atoms with E-state index < -0.39 is 0 Å². The zero-order chi connectivity index (χ0) is 20.4. The molecule has 2 aromatic heterocycles. The minimum atomic E-state index is -0.215. The van der Waals surface area contributed by atoms with Gasteiger partial charge in [0, 0.05) is 10.8 Å². The van der Waals surface area contributed by atoms with E-state index in [1.165, 1.54) is 50.5 Å². The first-order chi connectivity index (χ1) is 14.6. The van der Waals surface area contributed by atoms with Crippen molar-refractivity contribution in [3.63, 3.8) is 0 Å². The van der Waals surface area contributed by atoms with Crippen molar-refractivity contribution in [1.82, 2.24) is 4.40 Å². The number of pyridine rings is 1. The van der Waals surface area contributed by atoms with Crippen LogP contribution in [0, 0.1) is 12.7 Å². The van der Waals surface area contributed by atoms with Crippen molar-refractivity contribution in [1.29, 1.82) is 0 Å². The number of hydrogen-bond donors (Lipinski definition) is 0. The van der Waals surface area contributed by atoms with Gasteiger partial charge in [0.1, 0.15) is 11.3 Å². The zero-order valence-electron chi connectivity index (χ0n) is 16.9. The maximum atomic E-state index is 13.4. The van der Waals surface area contributed by atoms with Crippen LogP contribution in [0.3, 0.4) is 0 Å². The molecule has 0 bridgehead atoms. The van der Waals surface area contributed by atoms with Crippen LogP contribution in [0.25, 0.3) is 49.5 Å². The van der Waals surface area contributed by atoms with Crippen LogP contribution in [0.1, 0.15) is 5.56 Å². The van der Waals surface area contributed by atoms with Crippen molar-refractivity contribution in [2.45, 2.75) is 6.92 Å². The predicted octanol–water partition coefficient (Wildman–Crippen LogP) is 6.34. The lowest BCUT2D eigenvalue weighted by Crippen LogP contribution is -2.27. The van der Waals surface area contributed by atoms with Crippen LogP contribution >= 0.6 is 0 Å². The summed E-state index contributed by atoms with van der Waals surface area (Å²) in [4.78, 5) is 0. The van der Waals surface area contributed by atoms with E-state index in [2.05, 4.69) is 83.6 Å². The Bertz CT molecular complexity index is 1610. The first-order valence-corrected chi connectivity index (χ1v) is 10.1. The van der Waals surface area contributed by atoms with Gasteiger partial charge in [0.05, 0.1) is 12.4 Å². The number of halogens is 1. The number of rotatable bonds is 1. The normalized spacial score (nSPS) is 11.8. The fourth-order valence-corrected chi connectivity index (χ4v) is 4.80. The molecule has 0 aliphatic carbocycles. The lowest BCUT2D eigenvalue weighted by atomic mass is 10.0. The smallest absolute Gasteiger partial charge is 0.225 e. The summed E-state index contributed by atoms with van der Waals surface area (Å²) in [6.07, 6.45) is 0. The van der Waals surface area contributed by atoms with Crippen molar-refractivity contribution in [2.75, 3.05) is 0 Å². The maximum Gasteiger partial charge on any atom is 0.295 e. The third-order valence-electron chi connectivity index (χ3n) is 6.22. The van der Waals surface area contributed by atoms with Crippen molar-refractivity contribution < 1.29 is 8.96 Å². The van der Waals surface area contributed by atoms with Crippen LogP contribution in [0.15, 0.2) is 84.9 Å². The molecule has 0 aliphatic rings. The van der Waals surface area contributed by atoms with Crippen molar-refractivity contribution >= 4 is 38.4 Å². The SMILES string of the molecule is Cc1cccc2c3ccccc3n3c4cc(-c5ccc(F)cc5)ccc4[n+](C)c3c12. The van der Waals surface area contributed by atoms with Crippen LogP contribution in [0.4, 0.5) is 4.39 Å². The molecule has 0 radical (unpaired) electrons. The van der Waals surface area contributed by atoms with Gasteiger partial charge in [-0.1, -0.05) is 48.5 Å². The second-order valence-electron chi connectivity index (χ2n) is 7.94. The Hall–Kier alpha value is -3.72. The van der Waals surface area contributed by atoms with E-state index in [0.29, 0.717) is 0 Å².